The molecule has 3 heteroatoms. The van der Waals surface area contributed by atoms with Crippen molar-refractivity contribution in [2.24, 2.45) is 22.7 Å². The minimum Gasteiger partial charge on any atom is -0.465 e. The zero-order chi connectivity index (χ0) is 15.9. The van der Waals surface area contributed by atoms with Crippen molar-refractivity contribution in [2.75, 3.05) is 6.61 Å². The second-order valence-electron chi connectivity index (χ2n) is 8.86. The Morgan fingerprint density at radius 2 is 2.17 bits per heavy atom. The predicted molar refractivity (Wildman–Crippen MR) is 87.7 cm³/mol. The molecule has 1 spiro atoms. The molecule has 2 N–H and O–H groups in total. The molecule has 1 heterocycles. The molecule has 5 rings (SSSR count). The van der Waals surface area contributed by atoms with Crippen molar-refractivity contribution in [1.29, 1.82) is 0 Å². The lowest BCUT2D eigenvalue weighted by molar-refractivity contribution is -0.0517. The smallest absolute Gasteiger partial charge is 0.129 e. The molecule has 0 unspecified atom stereocenters. The Hall–Kier alpha value is -1.06. The van der Waals surface area contributed by atoms with Gasteiger partial charge in [-0.2, -0.15) is 0 Å². The number of rotatable bonds is 1. The number of allylic oxidation sites excluding steroid dienone is 1. The van der Waals surface area contributed by atoms with Crippen molar-refractivity contribution < 1.29 is 14.6 Å². The van der Waals surface area contributed by atoms with Gasteiger partial charge in [-0.3, -0.25) is 0 Å². The molecule has 0 aliphatic heterocycles. The molecule has 4 aliphatic rings. The number of hydrogen-bond acceptors (Lipinski definition) is 3. The second-order valence-corrected chi connectivity index (χ2v) is 8.86. The predicted octanol–water partition coefficient (Wildman–Crippen LogP) is 3.72. The largest absolute Gasteiger partial charge is 0.465 e. The molecule has 3 saturated carbocycles. The first kappa shape index (κ1) is 14.3. The molecule has 0 radical (unpaired) electrons. The number of furan rings is 1. The van der Waals surface area contributed by atoms with Crippen LogP contribution in [-0.4, -0.2) is 22.4 Å². The van der Waals surface area contributed by atoms with E-state index in [9.17, 15) is 10.2 Å². The SMILES string of the molecule is C[C@@]12C=Cc3occc3[C@H]1CC[C@@]13C[C@H](CC[C@H]12)[C@@](O)(CO)C3. The maximum atomic E-state index is 10.9. The van der Waals surface area contributed by atoms with Gasteiger partial charge in [-0.05, 0) is 79.3 Å². The molecule has 23 heavy (non-hydrogen) atoms. The van der Waals surface area contributed by atoms with E-state index < -0.39 is 5.60 Å². The average molecular weight is 314 g/mol. The van der Waals surface area contributed by atoms with Crippen LogP contribution in [0.5, 0.6) is 0 Å². The highest BCUT2D eigenvalue weighted by Crippen LogP contribution is 2.71. The van der Waals surface area contributed by atoms with E-state index >= 15 is 0 Å². The Bertz CT molecular complexity index is 676. The molecule has 1 aromatic heterocycles. The van der Waals surface area contributed by atoms with E-state index in [1.807, 2.05) is 6.26 Å². The van der Waals surface area contributed by atoms with Crippen LogP contribution in [0, 0.1) is 22.7 Å². The molecule has 0 amide bonds. The van der Waals surface area contributed by atoms with E-state index in [2.05, 4.69) is 25.1 Å². The summed E-state index contributed by atoms with van der Waals surface area (Å²) in [5.41, 5.74) is 0.914. The minimum atomic E-state index is -0.836. The molecule has 2 bridgehead atoms. The second kappa shape index (κ2) is 4.31. The first-order chi connectivity index (χ1) is 11.0. The van der Waals surface area contributed by atoms with Crippen molar-refractivity contribution in [2.45, 2.75) is 57.0 Å². The van der Waals surface area contributed by atoms with Crippen LogP contribution >= 0.6 is 0 Å². The molecule has 3 nitrogen and oxygen atoms in total. The van der Waals surface area contributed by atoms with Crippen molar-refractivity contribution in [3.63, 3.8) is 0 Å². The van der Waals surface area contributed by atoms with Crippen molar-refractivity contribution >= 4 is 6.08 Å². The van der Waals surface area contributed by atoms with E-state index in [0.717, 1.165) is 31.4 Å². The van der Waals surface area contributed by atoms with Gasteiger partial charge in [0.2, 0.25) is 0 Å². The summed E-state index contributed by atoms with van der Waals surface area (Å²) in [7, 11) is 0. The van der Waals surface area contributed by atoms with Crippen LogP contribution in [0.15, 0.2) is 22.8 Å². The van der Waals surface area contributed by atoms with Crippen molar-refractivity contribution in [3.8, 4) is 0 Å². The van der Waals surface area contributed by atoms with Crippen molar-refractivity contribution in [1.82, 2.24) is 0 Å². The Labute approximate surface area is 137 Å². The Morgan fingerprint density at radius 3 is 3.00 bits per heavy atom. The van der Waals surface area contributed by atoms with E-state index in [1.54, 1.807) is 0 Å². The highest BCUT2D eigenvalue weighted by atomic mass is 16.3. The van der Waals surface area contributed by atoms with Gasteiger partial charge in [0.25, 0.3) is 0 Å². The van der Waals surface area contributed by atoms with Crippen molar-refractivity contribution in [3.05, 3.63) is 29.7 Å². The van der Waals surface area contributed by atoms with Crippen LogP contribution in [0.1, 0.15) is 62.7 Å². The lowest BCUT2D eigenvalue weighted by Crippen LogP contribution is -2.49. The van der Waals surface area contributed by atoms with Gasteiger partial charge in [-0.15, -0.1) is 0 Å². The van der Waals surface area contributed by atoms with E-state index in [-0.39, 0.29) is 17.4 Å². The third-order valence-corrected chi connectivity index (χ3v) is 8.02. The Morgan fingerprint density at radius 1 is 1.30 bits per heavy atom. The summed E-state index contributed by atoms with van der Waals surface area (Å²) in [6, 6.07) is 2.16. The molecule has 6 atom stereocenters. The van der Waals surface area contributed by atoms with Crippen LogP contribution in [-0.2, 0) is 0 Å². The van der Waals surface area contributed by atoms with Gasteiger partial charge in [0.15, 0.2) is 0 Å². The molecule has 1 aromatic rings. The van der Waals surface area contributed by atoms with E-state index in [4.69, 9.17) is 4.42 Å². The van der Waals surface area contributed by atoms with Crippen LogP contribution in [0.25, 0.3) is 6.08 Å². The quantitative estimate of drug-likeness (QED) is 0.830. The first-order valence-corrected chi connectivity index (χ1v) is 9.11. The fourth-order valence-electron chi connectivity index (χ4n) is 7.06. The zero-order valence-electron chi connectivity index (χ0n) is 13.8. The Balaban J connectivity index is 1.58. The van der Waals surface area contributed by atoms with Gasteiger partial charge in [0.1, 0.15) is 5.76 Å². The fourth-order valence-corrected chi connectivity index (χ4v) is 7.06. The highest BCUT2D eigenvalue weighted by Gasteiger charge is 2.65. The molecule has 0 aromatic carbocycles. The summed E-state index contributed by atoms with van der Waals surface area (Å²) in [5, 5.41) is 20.7. The Kier molecular flexibility index (Phi) is 2.68. The highest BCUT2D eigenvalue weighted by molar-refractivity contribution is 5.55. The lowest BCUT2D eigenvalue weighted by atomic mass is 9.46. The molecular weight excluding hydrogens is 288 g/mol. The van der Waals surface area contributed by atoms with Gasteiger partial charge in [0, 0.05) is 5.56 Å². The summed E-state index contributed by atoms with van der Waals surface area (Å²) >= 11 is 0. The van der Waals surface area contributed by atoms with Crippen LogP contribution in [0.3, 0.4) is 0 Å². The number of aliphatic hydroxyl groups is 2. The fraction of sp³-hybridized carbons (Fsp3) is 0.700. The van der Waals surface area contributed by atoms with Gasteiger partial charge in [0.05, 0.1) is 18.5 Å². The van der Waals surface area contributed by atoms with Gasteiger partial charge >= 0.3 is 0 Å². The first-order valence-electron chi connectivity index (χ1n) is 9.11. The number of fused-ring (bicyclic) bond motifs is 5. The summed E-state index contributed by atoms with van der Waals surface area (Å²) < 4.78 is 5.64. The average Bonchev–Trinajstić information content (AvgIpc) is 3.09. The maximum Gasteiger partial charge on any atom is 0.129 e. The van der Waals surface area contributed by atoms with E-state index in [0.29, 0.717) is 17.8 Å². The lowest BCUT2D eigenvalue weighted by Gasteiger charge is -2.58. The normalized spacial score (nSPS) is 50.3. The van der Waals surface area contributed by atoms with Crippen LogP contribution < -0.4 is 0 Å². The molecule has 0 saturated heterocycles. The summed E-state index contributed by atoms with van der Waals surface area (Å²) in [4.78, 5) is 0. The van der Waals surface area contributed by atoms with Crippen LogP contribution in [0.2, 0.25) is 0 Å². The summed E-state index contributed by atoms with van der Waals surface area (Å²) in [6.07, 6.45) is 12.9. The number of aliphatic hydroxyl groups excluding tert-OH is 1. The molecule has 3 fully saturated rings. The summed E-state index contributed by atoms with van der Waals surface area (Å²) in [6.45, 7) is 2.35. The maximum absolute atomic E-state index is 10.9. The molecule has 4 aliphatic carbocycles. The standard InChI is InChI=1S/C20H26O3/c1-18-7-5-16-14(6-9-23-16)15(18)4-8-19-10-13(2-3-17(18)19)20(22,11-19)12-21/h5-7,9,13,15,17,21-22H,2-4,8,10-12H2,1H3/t13-,15+,17-,18+,19-,20-/m0/s1. The number of hydrogen-bond donors (Lipinski definition) is 2. The van der Waals surface area contributed by atoms with E-state index in [1.165, 1.54) is 18.4 Å². The van der Waals surface area contributed by atoms with Gasteiger partial charge in [-0.25, -0.2) is 0 Å². The van der Waals surface area contributed by atoms with Gasteiger partial charge in [-0.1, -0.05) is 13.0 Å². The molecule has 124 valence electrons. The monoisotopic (exact) mass is 314 g/mol. The minimum absolute atomic E-state index is 0.0754. The van der Waals surface area contributed by atoms with Gasteiger partial charge < -0.3 is 14.6 Å². The third kappa shape index (κ3) is 1.63. The zero-order valence-corrected chi connectivity index (χ0v) is 13.8. The summed E-state index contributed by atoms with van der Waals surface area (Å²) in [5.74, 6) is 2.47. The third-order valence-electron chi connectivity index (χ3n) is 8.02. The molecular formula is C20H26O3. The van der Waals surface area contributed by atoms with Crippen LogP contribution in [0.4, 0.5) is 0 Å². The topological polar surface area (TPSA) is 53.6 Å².